The number of hydrogen-bond acceptors (Lipinski definition) is 3. The first-order chi connectivity index (χ1) is 9.21. The van der Waals surface area contributed by atoms with Gasteiger partial charge in [0.1, 0.15) is 10.7 Å². The number of benzene rings is 1. The molecule has 1 saturated heterocycles. The first kappa shape index (κ1) is 15.7. The third kappa shape index (κ3) is 2.99. The van der Waals surface area contributed by atoms with Crippen LogP contribution in [-0.4, -0.2) is 31.8 Å². The summed E-state index contributed by atoms with van der Waals surface area (Å²) in [6, 6.07) is 2.18. The summed E-state index contributed by atoms with van der Waals surface area (Å²) in [6.45, 7) is 2.49. The van der Waals surface area contributed by atoms with Gasteiger partial charge in [-0.3, -0.25) is 4.79 Å². The first-order valence-corrected chi connectivity index (χ1v) is 9.06. The predicted molar refractivity (Wildman–Crippen MR) is 76.9 cm³/mol. The van der Waals surface area contributed by atoms with Crippen LogP contribution in [0.2, 0.25) is 0 Å². The highest BCUT2D eigenvalue weighted by Gasteiger charge is 2.28. The molecule has 1 fully saturated rings. The average molecular weight is 385 g/mol. The summed E-state index contributed by atoms with van der Waals surface area (Å²) in [6.07, 6.45) is 1.76. The van der Waals surface area contributed by atoms with E-state index in [2.05, 4.69) is 15.9 Å². The van der Waals surface area contributed by atoms with Crippen molar-refractivity contribution in [3.8, 4) is 0 Å². The van der Waals surface area contributed by atoms with Gasteiger partial charge in [0.05, 0.1) is 4.47 Å². The Morgan fingerprint density at radius 1 is 1.50 bits per heavy atom. The van der Waals surface area contributed by atoms with Crippen LogP contribution in [-0.2, 0) is 9.05 Å². The molecule has 0 spiro atoms. The molecular weight excluding hydrogens is 373 g/mol. The summed E-state index contributed by atoms with van der Waals surface area (Å²) in [5, 5.41) is 0. The van der Waals surface area contributed by atoms with Gasteiger partial charge in [0.15, 0.2) is 0 Å². The predicted octanol–water partition coefficient (Wildman–Crippen LogP) is 3.14. The lowest BCUT2D eigenvalue weighted by Gasteiger charge is -2.21. The van der Waals surface area contributed by atoms with Gasteiger partial charge in [-0.25, -0.2) is 12.8 Å². The van der Waals surface area contributed by atoms with E-state index < -0.39 is 19.8 Å². The van der Waals surface area contributed by atoms with Crippen LogP contribution >= 0.6 is 26.6 Å². The lowest BCUT2D eigenvalue weighted by Crippen LogP contribution is -2.33. The van der Waals surface area contributed by atoms with Crippen LogP contribution in [0.4, 0.5) is 4.39 Å². The van der Waals surface area contributed by atoms with Crippen molar-refractivity contribution in [2.75, 3.05) is 6.54 Å². The molecular formula is C12H12BrClFNO3S. The Hall–Kier alpha value is -0.660. The molecule has 110 valence electrons. The van der Waals surface area contributed by atoms with E-state index in [0.29, 0.717) is 6.54 Å². The molecule has 1 amide bonds. The van der Waals surface area contributed by atoms with Crippen molar-refractivity contribution < 1.29 is 17.6 Å². The molecule has 1 aromatic rings. The van der Waals surface area contributed by atoms with Gasteiger partial charge in [0.25, 0.3) is 15.0 Å². The number of likely N-dealkylation sites (tertiary alicyclic amines) is 1. The molecule has 1 aliphatic heterocycles. The van der Waals surface area contributed by atoms with Gasteiger partial charge in [-0.2, -0.15) is 0 Å². The maximum absolute atomic E-state index is 13.8. The highest BCUT2D eigenvalue weighted by molar-refractivity contribution is 9.10. The van der Waals surface area contributed by atoms with Crippen LogP contribution in [0.5, 0.6) is 0 Å². The van der Waals surface area contributed by atoms with Gasteiger partial charge < -0.3 is 4.90 Å². The number of carbonyl (C=O) groups is 1. The summed E-state index contributed by atoms with van der Waals surface area (Å²) >= 11 is 2.83. The molecule has 4 nitrogen and oxygen atoms in total. The summed E-state index contributed by atoms with van der Waals surface area (Å²) < 4.78 is 36.3. The number of hydrogen-bond donors (Lipinski definition) is 0. The topological polar surface area (TPSA) is 54.5 Å². The van der Waals surface area contributed by atoms with Crippen LogP contribution in [0.1, 0.15) is 30.1 Å². The molecule has 0 N–H and O–H groups in total. The summed E-state index contributed by atoms with van der Waals surface area (Å²) in [5.41, 5.74) is -0.0151. The Balaban J connectivity index is 2.48. The van der Waals surface area contributed by atoms with Crippen LogP contribution in [0, 0.1) is 5.82 Å². The van der Waals surface area contributed by atoms with Gasteiger partial charge in [0.2, 0.25) is 0 Å². The highest BCUT2D eigenvalue weighted by Crippen LogP contribution is 2.30. The molecule has 0 aromatic heterocycles. The van der Waals surface area contributed by atoms with E-state index in [1.807, 2.05) is 6.92 Å². The van der Waals surface area contributed by atoms with Gasteiger partial charge in [-0.05, 0) is 47.8 Å². The second kappa shape index (κ2) is 5.61. The van der Waals surface area contributed by atoms with Crippen LogP contribution in [0.25, 0.3) is 0 Å². The largest absolute Gasteiger partial charge is 0.336 e. The molecule has 2 rings (SSSR count). The third-order valence-corrected chi connectivity index (χ3v) is 5.73. The maximum atomic E-state index is 13.8. The van der Waals surface area contributed by atoms with E-state index in [9.17, 15) is 17.6 Å². The number of halogens is 3. The molecule has 0 saturated carbocycles. The van der Waals surface area contributed by atoms with Gasteiger partial charge >= 0.3 is 0 Å². The minimum absolute atomic E-state index is 0.0151. The van der Waals surface area contributed by atoms with Crippen LogP contribution in [0.15, 0.2) is 21.5 Å². The minimum atomic E-state index is -4.13. The van der Waals surface area contributed by atoms with Gasteiger partial charge in [-0.1, -0.05) is 0 Å². The molecule has 1 unspecified atom stereocenters. The Morgan fingerprint density at radius 3 is 2.65 bits per heavy atom. The minimum Gasteiger partial charge on any atom is -0.336 e. The molecule has 1 aromatic carbocycles. The smallest absolute Gasteiger partial charge is 0.262 e. The zero-order valence-corrected chi connectivity index (χ0v) is 13.7. The van der Waals surface area contributed by atoms with Crippen molar-refractivity contribution in [1.82, 2.24) is 4.90 Å². The Kier molecular flexibility index (Phi) is 4.41. The number of nitrogens with zero attached hydrogens (tertiary/aromatic N) is 1. The van der Waals surface area contributed by atoms with E-state index in [4.69, 9.17) is 10.7 Å². The summed E-state index contributed by atoms with van der Waals surface area (Å²) in [5.74, 6) is -1.22. The highest BCUT2D eigenvalue weighted by atomic mass is 79.9. The molecule has 1 atom stereocenters. The van der Waals surface area contributed by atoms with Crippen LogP contribution < -0.4 is 0 Å². The SMILES string of the molecule is CC1CCCN1C(=O)c1cc(F)c(Br)c(S(=O)(=O)Cl)c1. The van der Waals surface area contributed by atoms with Crippen molar-refractivity contribution in [2.24, 2.45) is 0 Å². The molecule has 20 heavy (non-hydrogen) atoms. The van der Waals surface area contributed by atoms with Crippen molar-refractivity contribution in [2.45, 2.75) is 30.7 Å². The zero-order valence-electron chi connectivity index (χ0n) is 10.6. The van der Waals surface area contributed by atoms with Crippen LogP contribution in [0.3, 0.4) is 0 Å². The monoisotopic (exact) mass is 383 g/mol. The second-order valence-electron chi connectivity index (χ2n) is 4.70. The Morgan fingerprint density at radius 2 is 2.15 bits per heavy atom. The fourth-order valence-electron chi connectivity index (χ4n) is 2.27. The third-order valence-electron chi connectivity index (χ3n) is 3.32. The van der Waals surface area contributed by atoms with E-state index in [1.54, 1.807) is 4.90 Å². The number of rotatable bonds is 2. The number of amides is 1. The van der Waals surface area contributed by atoms with Crippen molar-refractivity contribution in [1.29, 1.82) is 0 Å². The molecule has 0 radical (unpaired) electrons. The fraction of sp³-hybridized carbons (Fsp3) is 0.417. The molecule has 0 aliphatic carbocycles. The van der Waals surface area contributed by atoms with E-state index in [0.717, 1.165) is 25.0 Å². The standard InChI is InChI=1S/C12H12BrClFNO3S/c1-7-3-2-4-16(7)12(17)8-5-9(15)11(13)10(6-8)20(14,18)19/h5-7H,2-4H2,1H3. The quantitative estimate of drug-likeness (QED) is 0.736. The normalized spacial score (nSPS) is 19.4. The van der Waals surface area contributed by atoms with Gasteiger partial charge in [-0.15, -0.1) is 0 Å². The zero-order chi connectivity index (χ0) is 15.1. The second-order valence-corrected chi connectivity index (χ2v) is 8.03. The average Bonchev–Trinajstić information content (AvgIpc) is 2.76. The van der Waals surface area contributed by atoms with Crippen molar-refractivity contribution in [3.63, 3.8) is 0 Å². The molecule has 1 aliphatic rings. The molecule has 0 bridgehead atoms. The lowest BCUT2D eigenvalue weighted by atomic mass is 10.1. The van der Waals surface area contributed by atoms with Crippen molar-refractivity contribution in [3.05, 3.63) is 28.0 Å². The molecule has 8 heteroatoms. The number of carbonyl (C=O) groups excluding carboxylic acids is 1. The van der Waals surface area contributed by atoms with E-state index in [1.165, 1.54) is 0 Å². The lowest BCUT2D eigenvalue weighted by molar-refractivity contribution is 0.0746. The summed E-state index contributed by atoms with van der Waals surface area (Å²) in [4.78, 5) is 13.5. The fourth-order valence-corrected chi connectivity index (χ4v) is 4.36. The van der Waals surface area contributed by atoms with Gasteiger partial charge in [0, 0.05) is 28.8 Å². The maximum Gasteiger partial charge on any atom is 0.262 e. The Bertz CT molecular complexity index is 665. The first-order valence-electron chi connectivity index (χ1n) is 5.96. The summed E-state index contributed by atoms with van der Waals surface area (Å²) in [7, 11) is 1.12. The van der Waals surface area contributed by atoms with Crippen molar-refractivity contribution >= 4 is 41.6 Å². The Labute approximate surface area is 129 Å². The van der Waals surface area contributed by atoms with E-state index >= 15 is 0 Å². The van der Waals surface area contributed by atoms with E-state index in [-0.39, 0.29) is 22.0 Å². The molecule has 1 heterocycles.